The minimum atomic E-state index is -0.575. The van der Waals surface area contributed by atoms with Gasteiger partial charge in [0.1, 0.15) is 6.17 Å². The molecule has 0 aromatic carbocycles. The lowest BCUT2D eigenvalue weighted by Crippen LogP contribution is -2.08. The molecule has 1 aliphatic rings. The van der Waals surface area contributed by atoms with Crippen molar-refractivity contribution in [3.8, 4) is 0 Å². The summed E-state index contributed by atoms with van der Waals surface area (Å²) in [6.07, 6.45) is 4.10. The number of hydrogen-bond acceptors (Lipinski definition) is 1. The van der Waals surface area contributed by atoms with Crippen LogP contribution in [0.15, 0.2) is 11.8 Å². The predicted molar refractivity (Wildman–Crippen MR) is 35.6 cm³/mol. The highest BCUT2D eigenvalue weighted by atomic mass is 19.1. The number of nitrogens with two attached hydrogens (primary N) is 1. The molecule has 1 aliphatic carbocycles. The molecule has 2 N–H and O–H groups in total. The molecule has 0 spiro atoms. The summed E-state index contributed by atoms with van der Waals surface area (Å²) in [5.74, 6) is 0. The highest BCUT2D eigenvalue weighted by Gasteiger charge is 2.13. The molecule has 1 fully saturated rings. The number of rotatable bonds is 0. The van der Waals surface area contributed by atoms with Crippen LogP contribution in [-0.2, 0) is 0 Å². The monoisotopic (exact) mass is 129 g/mol. The minimum Gasteiger partial charge on any atom is -0.405 e. The van der Waals surface area contributed by atoms with Gasteiger partial charge >= 0.3 is 0 Å². The minimum absolute atomic E-state index is 0.575. The number of halogens is 1. The van der Waals surface area contributed by atoms with Crippen LogP contribution in [-0.4, -0.2) is 6.17 Å². The van der Waals surface area contributed by atoms with Crippen LogP contribution < -0.4 is 5.73 Å². The van der Waals surface area contributed by atoms with Gasteiger partial charge in [0, 0.05) is 0 Å². The molecule has 0 unspecified atom stereocenters. The Hall–Kier alpha value is -0.530. The van der Waals surface area contributed by atoms with Gasteiger partial charge in [0.05, 0.1) is 0 Å². The zero-order valence-corrected chi connectivity index (χ0v) is 5.44. The summed E-state index contributed by atoms with van der Waals surface area (Å²) in [5.41, 5.74) is 6.48. The maximum atomic E-state index is 12.4. The fraction of sp³-hybridized carbons (Fsp3) is 0.714. The molecule has 9 heavy (non-hydrogen) atoms. The number of hydrogen-bond donors (Lipinski definition) is 1. The summed E-state index contributed by atoms with van der Waals surface area (Å²) < 4.78 is 12.4. The third-order valence-electron chi connectivity index (χ3n) is 1.79. The molecular weight excluding hydrogens is 117 g/mol. The lowest BCUT2D eigenvalue weighted by molar-refractivity contribution is 0.276. The lowest BCUT2D eigenvalue weighted by atomic mass is 9.94. The Morgan fingerprint density at radius 3 is 2.44 bits per heavy atom. The van der Waals surface area contributed by atoms with Crippen LogP contribution in [0.1, 0.15) is 25.7 Å². The van der Waals surface area contributed by atoms with Crippen LogP contribution in [0.5, 0.6) is 0 Å². The van der Waals surface area contributed by atoms with Crippen LogP contribution in [0.25, 0.3) is 0 Å². The van der Waals surface area contributed by atoms with Gasteiger partial charge in [-0.25, -0.2) is 4.39 Å². The second kappa shape index (κ2) is 2.85. The van der Waals surface area contributed by atoms with Crippen molar-refractivity contribution in [2.24, 2.45) is 5.73 Å². The van der Waals surface area contributed by atoms with Gasteiger partial charge in [-0.15, -0.1) is 0 Å². The van der Waals surface area contributed by atoms with E-state index < -0.39 is 6.17 Å². The van der Waals surface area contributed by atoms with Crippen molar-refractivity contribution in [2.45, 2.75) is 31.9 Å². The molecule has 0 bridgehead atoms. The van der Waals surface area contributed by atoms with Crippen LogP contribution in [0, 0.1) is 0 Å². The standard InChI is InChI=1S/C7H12FN/c8-7-3-1-6(5-9)2-4-7/h5,7H,1-4,9H2. The molecule has 1 saturated carbocycles. The highest BCUT2D eigenvalue weighted by Crippen LogP contribution is 2.24. The van der Waals surface area contributed by atoms with Crippen molar-refractivity contribution in [1.29, 1.82) is 0 Å². The second-order valence-corrected chi connectivity index (χ2v) is 2.50. The number of alkyl halides is 1. The Morgan fingerprint density at radius 1 is 1.44 bits per heavy atom. The first-order valence-electron chi connectivity index (χ1n) is 3.36. The van der Waals surface area contributed by atoms with E-state index in [1.807, 2.05) is 0 Å². The Kier molecular flexibility index (Phi) is 2.09. The van der Waals surface area contributed by atoms with E-state index in [1.165, 1.54) is 5.57 Å². The van der Waals surface area contributed by atoms with E-state index in [4.69, 9.17) is 5.73 Å². The van der Waals surface area contributed by atoms with Gasteiger partial charge in [0.2, 0.25) is 0 Å². The average molecular weight is 129 g/mol. The van der Waals surface area contributed by atoms with Gasteiger partial charge in [-0.2, -0.15) is 0 Å². The van der Waals surface area contributed by atoms with E-state index in [9.17, 15) is 4.39 Å². The van der Waals surface area contributed by atoms with E-state index in [-0.39, 0.29) is 0 Å². The zero-order valence-electron chi connectivity index (χ0n) is 5.44. The van der Waals surface area contributed by atoms with Gasteiger partial charge in [-0.05, 0) is 31.9 Å². The lowest BCUT2D eigenvalue weighted by Gasteiger charge is -2.16. The molecule has 0 saturated heterocycles. The Morgan fingerprint density at radius 2 is 2.00 bits per heavy atom. The predicted octanol–water partition coefficient (Wildman–Crippen LogP) is 1.74. The SMILES string of the molecule is NC=C1CCC(F)CC1. The molecule has 2 heteroatoms. The topological polar surface area (TPSA) is 26.0 Å². The van der Waals surface area contributed by atoms with E-state index in [2.05, 4.69) is 0 Å². The van der Waals surface area contributed by atoms with Crippen molar-refractivity contribution in [2.75, 3.05) is 0 Å². The second-order valence-electron chi connectivity index (χ2n) is 2.50. The van der Waals surface area contributed by atoms with E-state index in [0.29, 0.717) is 12.8 Å². The third kappa shape index (κ3) is 1.70. The summed E-state index contributed by atoms with van der Waals surface area (Å²) in [6.45, 7) is 0. The summed E-state index contributed by atoms with van der Waals surface area (Å²) in [7, 11) is 0. The zero-order chi connectivity index (χ0) is 6.69. The van der Waals surface area contributed by atoms with Crippen LogP contribution in [0.3, 0.4) is 0 Å². The van der Waals surface area contributed by atoms with Gasteiger partial charge in [0.15, 0.2) is 0 Å². The van der Waals surface area contributed by atoms with Crippen molar-refractivity contribution in [3.63, 3.8) is 0 Å². The smallest absolute Gasteiger partial charge is 0.101 e. The molecule has 0 aliphatic heterocycles. The van der Waals surface area contributed by atoms with Gasteiger partial charge in [-0.1, -0.05) is 5.57 Å². The van der Waals surface area contributed by atoms with Gasteiger partial charge in [0.25, 0.3) is 0 Å². The fourth-order valence-corrected chi connectivity index (χ4v) is 1.12. The molecule has 0 atom stereocenters. The van der Waals surface area contributed by atoms with E-state index >= 15 is 0 Å². The molecule has 1 rings (SSSR count). The fourth-order valence-electron chi connectivity index (χ4n) is 1.12. The Balaban J connectivity index is 2.35. The molecule has 0 aromatic rings. The molecule has 0 heterocycles. The maximum Gasteiger partial charge on any atom is 0.101 e. The molecule has 0 aromatic heterocycles. The van der Waals surface area contributed by atoms with Gasteiger partial charge in [-0.3, -0.25) is 0 Å². The summed E-state index contributed by atoms with van der Waals surface area (Å²) >= 11 is 0. The molecule has 0 radical (unpaired) electrons. The van der Waals surface area contributed by atoms with E-state index in [0.717, 1.165) is 12.8 Å². The highest BCUT2D eigenvalue weighted by molar-refractivity contribution is 5.02. The average Bonchev–Trinajstić information content (AvgIpc) is 1.90. The maximum absolute atomic E-state index is 12.4. The normalized spacial score (nSPS) is 28.1. The number of allylic oxidation sites excluding steroid dienone is 1. The Labute approximate surface area is 54.7 Å². The molecule has 0 amide bonds. The Bertz CT molecular complexity index is 110. The van der Waals surface area contributed by atoms with Crippen molar-refractivity contribution < 1.29 is 4.39 Å². The summed E-state index contributed by atoms with van der Waals surface area (Å²) in [4.78, 5) is 0. The van der Waals surface area contributed by atoms with Crippen LogP contribution in [0.2, 0.25) is 0 Å². The first kappa shape index (κ1) is 6.59. The summed E-state index contributed by atoms with van der Waals surface area (Å²) in [6, 6.07) is 0. The first-order valence-corrected chi connectivity index (χ1v) is 3.36. The first-order chi connectivity index (χ1) is 4.33. The summed E-state index contributed by atoms with van der Waals surface area (Å²) in [5, 5.41) is 0. The van der Waals surface area contributed by atoms with Crippen LogP contribution >= 0.6 is 0 Å². The van der Waals surface area contributed by atoms with Crippen molar-refractivity contribution in [3.05, 3.63) is 11.8 Å². The third-order valence-corrected chi connectivity index (χ3v) is 1.79. The van der Waals surface area contributed by atoms with Crippen molar-refractivity contribution >= 4 is 0 Å². The van der Waals surface area contributed by atoms with Crippen molar-refractivity contribution in [1.82, 2.24) is 0 Å². The quantitative estimate of drug-likeness (QED) is 0.529. The van der Waals surface area contributed by atoms with Crippen LogP contribution in [0.4, 0.5) is 4.39 Å². The molecular formula is C7H12FN. The molecule has 1 nitrogen and oxygen atoms in total. The largest absolute Gasteiger partial charge is 0.405 e. The van der Waals surface area contributed by atoms with E-state index in [1.54, 1.807) is 6.20 Å². The van der Waals surface area contributed by atoms with Gasteiger partial charge < -0.3 is 5.73 Å². The molecule has 52 valence electrons.